The fourth-order valence-electron chi connectivity index (χ4n) is 2.59. The molecule has 1 heterocycles. The molecule has 1 aliphatic carbocycles. The maximum atomic E-state index is 5.77. The van der Waals surface area contributed by atoms with Crippen LogP contribution in [0.3, 0.4) is 0 Å². The Balaban J connectivity index is 1.50. The zero-order valence-electron chi connectivity index (χ0n) is 11.0. The highest BCUT2D eigenvalue weighted by Gasteiger charge is 2.21. The van der Waals surface area contributed by atoms with E-state index in [2.05, 4.69) is 17.1 Å². The standard InChI is InChI=1S/C16H19NO2/c1-2-6-13(7-3-1)11-18-12-15-10-17-16(19-15)14-8-4-5-9-14/h1-3,6-7,10,14H,4-5,8-9,11-12H2. The first kappa shape index (κ1) is 12.4. The van der Waals surface area contributed by atoms with Crippen molar-refractivity contribution in [3.8, 4) is 0 Å². The van der Waals surface area contributed by atoms with Crippen molar-refractivity contribution in [2.45, 2.75) is 44.8 Å². The van der Waals surface area contributed by atoms with Crippen molar-refractivity contribution in [2.75, 3.05) is 0 Å². The van der Waals surface area contributed by atoms with Gasteiger partial charge in [0, 0.05) is 5.92 Å². The van der Waals surface area contributed by atoms with E-state index in [9.17, 15) is 0 Å². The average Bonchev–Trinajstić information content (AvgIpc) is 3.10. The third-order valence-corrected chi connectivity index (χ3v) is 3.63. The third-order valence-electron chi connectivity index (χ3n) is 3.63. The van der Waals surface area contributed by atoms with E-state index >= 15 is 0 Å². The van der Waals surface area contributed by atoms with Crippen LogP contribution in [-0.2, 0) is 18.0 Å². The Bertz CT molecular complexity index is 500. The van der Waals surface area contributed by atoms with Crippen LogP contribution in [0.15, 0.2) is 40.9 Å². The Kier molecular flexibility index (Phi) is 3.94. The van der Waals surface area contributed by atoms with Gasteiger partial charge < -0.3 is 9.15 Å². The fraction of sp³-hybridized carbons (Fsp3) is 0.438. The van der Waals surface area contributed by atoms with E-state index in [-0.39, 0.29) is 0 Å². The second-order valence-electron chi connectivity index (χ2n) is 5.12. The Hall–Kier alpha value is -1.61. The van der Waals surface area contributed by atoms with Gasteiger partial charge in [-0.15, -0.1) is 0 Å². The van der Waals surface area contributed by atoms with E-state index in [1.165, 1.54) is 31.2 Å². The van der Waals surface area contributed by atoms with Gasteiger partial charge in [0.05, 0.1) is 12.8 Å². The summed E-state index contributed by atoms with van der Waals surface area (Å²) in [4.78, 5) is 4.38. The van der Waals surface area contributed by atoms with Crippen LogP contribution in [0.1, 0.15) is 48.8 Å². The van der Waals surface area contributed by atoms with Crippen LogP contribution in [0, 0.1) is 0 Å². The number of benzene rings is 1. The Morgan fingerprint density at radius 2 is 1.89 bits per heavy atom. The zero-order valence-corrected chi connectivity index (χ0v) is 11.0. The molecule has 100 valence electrons. The molecule has 0 N–H and O–H groups in total. The highest BCUT2D eigenvalue weighted by Crippen LogP contribution is 2.33. The number of oxazole rings is 1. The molecule has 1 aromatic heterocycles. The number of ether oxygens (including phenoxy) is 1. The minimum absolute atomic E-state index is 0.495. The summed E-state index contributed by atoms with van der Waals surface area (Å²) in [7, 11) is 0. The molecule has 1 aromatic carbocycles. The molecule has 1 fully saturated rings. The molecule has 3 nitrogen and oxygen atoms in total. The lowest BCUT2D eigenvalue weighted by molar-refractivity contribution is 0.0917. The SMILES string of the molecule is c1ccc(COCc2cnc(C3CCCC3)o2)cc1. The van der Waals surface area contributed by atoms with Gasteiger partial charge in [-0.05, 0) is 18.4 Å². The monoisotopic (exact) mass is 257 g/mol. The Morgan fingerprint density at radius 1 is 1.11 bits per heavy atom. The van der Waals surface area contributed by atoms with Gasteiger partial charge >= 0.3 is 0 Å². The van der Waals surface area contributed by atoms with Crippen molar-refractivity contribution < 1.29 is 9.15 Å². The summed E-state index contributed by atoms with van der Waals surface area (Å²) >= 11 is 0. The number of hydrogen-bond donors (Lipinski definition) is 0. The van der Waals surface area contributed by atoms with Crippen molar-refractivity contribution in [1.29, 1.82) is 0 Å². The average molecular weight is 257 g/mol. The summed E-state index contributed by atoms with van der Waals surface area (Å²) in [5, 5.41) is 0. The molecule has 0 atom stereocenters. The van der Waals surface area contributed by atoms with Crippen LogP contribution in [0.4, 0.5) is 0 Å². The number of hydrogen-bond acceptors (Lipinski definition) is 3. The number of nitrogens with zero attached hydrogens (tertiary/aromatic N) is 1. The molecule has 0 aliphatic heterocycles. The minimum atomic E-state index is 0.495. The normalized spacial score (nSPS) is 16.0. The second-order valence-corrected chi connectivity index (χ2v) is 5.12. The van der Waals surface area contributed by atoms with Gasteiger partial charge in [-0.3, -0.25) is 0 Å². The van der Waals surface area contributed by atoms with Crippen LogP contribution < -0.4 is 0 Å². The predicted molar refractivity (Wildman–Crippen MR) is 72.6 cm³/mol. The number of rotatable bonds is 5. The quantitative estimate of drug-likeness (QED) is 0.810. The van der Waals surface area contributed by atoms with E-state index in [0.717, 1.165) is 11.7 Å². The van der Waals surface area contributed by atoms with Crippen LogP contribution in [0.5, 0.6) is 0 Å². The molecule has 0 bridgehead atoms. The van der Waals surface area contributed by atoms with Crippen LogP contribution >= 0.6 is 0 Å². The number of aromatic nitrogens is 1. The predicted octanol–water partition coefficient (Wildman–Crippen LogP) is 4.05. The molecule has 3 heteroatoms. The molecule has 3 rings (SSSR count). The van der Waals surface area contributed by atoms with Gasteiger partial charge in [-0.2, -0.15) is 0 Å². The van der Waals surface area contributed by atoms with Gasteiger partial charge in [0.15, 0.2) is 5.89 Å². The Morgan fingerprint density at radius 3 is 2.68 bits per heavy atom. The second kappa shape index (κ2) is 6.02. The highest BCUT2D eigenvalue weighted by molar-refractivity contribution is 5.13. The zero-order chi connectivity index (χ0) is 12.9. The van der Waals surface area contributed by atoms with Gasteiger partial charge in [0.1, 0.15) is 12.4 Å². The summed E-state index contributed by atoms with van der Waals surface area (Å²) in [5.41, 5.74) is 1.18. The highest BCUT2D eigenvalue weighted by atomic mass is 16.5. The van der Waals surface area contributed by atoms with Crippen molar-refractivity contribution in [2.24, 2.45) is 0 Å². The molecule has 1 aliphatic rings. The molecule has 0 amide bonds. The lowest BCUT2D eigenvalue weighted by atomic mass is 10.1. The maximum Gasteiger partial charge on any atom is 0.197 e. The van der Waals surface area contributed by atoms with Crippen LogP contribution in [-0.4, -0.2) is 4.98 Å². The van der Waals surface area contributed by atoms with Gasteiger partial charge in [-0.25, -0.2) is 4.98 Å². The van der Waals surface area contributed by atoms with Gasteiger partial charge in [0.2, 0.25) is 0 Å². The van der Waals surface area contributed by atoms with Crippen LogP contribution in [0.25, 0.3) is 0 Å². The van der Waals surface area contributed by atoms with Gasteiger partial charge in [0.25, 0.3) is 0 Å². The third kappa shape index (κ3) is 3.24. The largest absolute Gasteiger partial charge is 0.443 e. The van der Waals surface area contributed by atoms with E-state index in [1.807, 2.05) is 18.2 Å². The molecule has 0 radical (unpaired) electrons. The van der Waals surface area contributed by atoms with Crippen molar-refractivity contribution in [3.05, 3.63) is 53.7 Å². The smallest absolute Gasteiger partial charge is 0.197 e. The van der Waals surface area contributed by atoms with E-state index in [1.54, 1.807) is 6.20 Å². The Labute approximate surface area is 113 Å². The molecule has 19 heavy (non-hydrogen) atoms. The van der Waals surface area contributed by atoms with Gasteiger partial charge in [-0.1, -0.05) is 43.2 Å². The van der Waals surface area contributed by atoms with Crippen LogP contribution in [0.2, 0.25) is 0 Å². The summed E-state index contributed by atoms with van der Waals surface area (Å²) in [6.45, 7) is 1.11. The summed E-state index contributed by atoms with van der Waals surface area (Å²) < 4.78 is 11.4. The fourth-order valence-corrected chi connectivity index (χ4v) is 2.59. The summed E-state index contributed by atoms with van der Waals surface area (Å²) in [6.07, 6.45) is 6.83. The topological polar surface area (TPSA) is 35.3 Å². The van der Waals surface area contributed by atoms with Crippen molar-refractivity contribution in [1.82, 2.24) is 4.98 Å². The van der Waals surface area contributed by atoms with E-state index in [0.29, 0.717) is 19.1 Å². The first-order valence-corrected chi connectivity index (χ1v) is 6.98. The molecular formula is C16H19NO2. The molecule has 0 spiro atoms. The van der Waals surface area contributed by atoms with Crippen molar-refractivity contribution >= 4 is 0 Å². The molecule has 0 saturated heterocycles. The molecule has 1 saturated carbocycles. The lowest BCUT2D eigenvalue weighted by Crippen LogP contribution is -1.93. The summed E-state index contributed by atoms with van der Waals surface area (Å²) in [6, 6.07) is 10.2. The first-order chi connectivity index (χ1) is 9.42. The van der Waals surface area contributed by atoms with E-state index < -0.39 is 0 Å². The minimum Gasteiger partial charge on any atom is -0.443 e. The van der Waals surface area contributed by atoms with E-state index in [4.69, 9.17) is 9.15 Å². The maximum absolute atomic E-state index is 5.77. The molecule has 2 aromatic rings. The van der Waals surface area contributed by atoms with Crippen molar-refractivity contribution in [3.63, 3.8) is 0 Å². The summed E-state index contributed by atoms with van der Waals surface area (Å²) in [5.74, 6) is 2.26. The molecular weight excluding hydrogens is 238 g/mol. The lowest BCUT2D eigenvalue weighted by Gasteiger charge is -2.03. The molecule has 0 unspecified atom stereocenters. The first-order valence-electron chi connectivity index (χ1n) is 6.98.